The Balaban J connectivity index is 1.61. The van der Waals surface area contributed by atoms with Gasteiger partial charge in [-0.2, -0.15) is 4.99 Å². The maximum atomic E-state index is 12.6. The van der Waals surface area contributed by atoms with Crippen LogP contribution in [0, 0.1) is 0 Å². The molecule has 3 aromatic rings. The van der Waals surface area contributed by atoms with Crippen LogP contribution in [-0.2, 0) is 27.6 Å². The Morgan fingerprint density at radius 3 is 2.47 bits per heavy atom. The summed E-state index contributed by atoms with van der Waals surface area (Å²) in [6, 6.07) is 10.2. The molecule has 0 N–H and O–H groups in total. The van der Waals surface area contributed by atoms with Gasteiger partial charge in [0.15, 0.2) is 26.1 Å². The lowest BCUT2D eigenvalue weighted by molar-refractivity contribution is -0.117. The maximum Gasteiger partial charge on any atom is 0.252 e. The molecular formula is C21H22N2O5S2. The molecule has 1 aliphatic heterocycles. The first-order valence-corrected chi connectivity index (χ1v) is 12.0. The molecule has 0 atom stereocenters. The van der Waals surface area contributed by atoms with Gasteiger partial charge in [0.1, 0.15) is 0 Å². The number of benzene rings is 2. The average Bonchev–Trinajstić information content (AvgIpc) is 3.29. The molecule has 0 fully saturated rings. The van der Waals surface area contributed by atoms with E-state index >= 15 is 0 Å². The van der Waals surface area contributed by atoms with Crippen LogP contribution in [0.1, 0.15) is 26.3 Å². The van der Waals surface area contributed by atoms with Crippen LogP contribution in [0.4, 0.5) is 0 Å². The van der Waals surface area contributed by atoms with Crippen LogP contribution in [0.5, 0.6) is 11.5 Å². The topological polar surface area (TPSA) is 87.0 Å². The number of aromatic nitrogens is 1. The van der Waals surface area contributed by atoms with E-state index in [1.165, 1.54) is 11.3 Å². The largest absolute Gasteiger partial charge is 0.454 e. The van der Waals surface area contributed by atoms with E-state index in [4.69, 9.17) is 9.47 Å². The summed E-state index contributed by atoms with van der Waals surface area (Å²) < 4.78 is 38.3. The van der Waals surface area contributed by atoms with Gasteiger partial charge in [-0.05, 0) is 38.5 Å². The van der Waals surface area contributed by atoms with Crippen LogP contribution in [0.15, 0.2) is 46.3 Å². The van der Waals surface area contributed by atoms with Crippen molar-refractivity contribution in [1.29, 1.82) is 0 Å². The fraction of sp³-hybridized carbons (Fsp3) is 0.333. The fourth-order valence-electron chi connectivity index (χ4n) is 3.24. The summed E-state index contributed by atoms with van der Waals surface area (Å²) in [6.07, 6.45) is 0.0999. The molecule has 1 amide bonds. The van der Waals surface area contributed by atoms with Gasteiger partial charge in [-0.15, -0.1) is 0 Å². The number of thiazole rings is 1. The number of carbonyl (C=O) groups excluding carboxylic acids is 1. The van der Waals surface area contributed by atoms with Crippen molar-refractivity contribution in [3.63, 3.8) is 0 Å². The number of carbonyl (C=O) groups is 1. The minimum Gasteiger partial charge on any atom is -0.454 e. The Morgan fingerprint density at radius 2 is 1.83 bits per heavy atom. The van der Waals surface area contributed by atoms with Crippen molar-refractivity contribution in [2.75, 3.05) is 6.79 Å². The number of rotatable bonds is 5. The van der Waals surface area contributed by atoms with Gasteiger partial charge in [0.05, 0.1) is 26.8 Å². The van der Waals surface area contributed by atoms with Crippen LogP contribution in [-0.4, -0.2) is 30.9 Å². The standard InChI is InChI=1S/C21H22N2O5S2/c1-4-23-16-10-17-18(28-12-27-17)11-19(16)29-21(23)22-20(24)9-14-5-7-15(8-6-14)30(25,26)13(2)3/h5-8,10-11,13H,4,9,12H2,1-3H3. The minimum atomic E-state index is -3.33. The molecular weight excluding hydrogens is 424 g/mol. The van der Waals surface area contributed by atoms with Crippen molar-refractivity contribution in [1.82, 2.24) is 4.57 Å². The molecule has 0 radical (unpaired) electrons. The van der Waals surface area contributed by atoms with E-state index < -0.39 is 15.1 Å². The minimum absolute atomic E-state index is 0.0999. The van der Waals surface area contributed by atoms with E-state index in [0.29, 0.717) is 22.8 Å². The molecule has 1 aromatic heterocycles. The van der Waals surface area contributed by atoms with Crippen LogP contribution in [0.2, 0.25) is 0 Å². The lowest BCUT2D eigenvalue weighted by atomic mass is 10.1. The Bertz CT molecular complexity index is 1290. The van der Waals surface area contributed by atoms with Gasteiger partial charge in [-0.1, -0.05) is 23.5 Å². The lowest BCUT2D eigenvalue weighted by Gasteiger charge is -2.08. The first-order chi connectivity index (χ1) is 14.3. The number of aryl methyl sites for hydroxylation is 1. The van der Waals surface area contributed by atoms with Crippen molar-refractivity contribution in [2.24, 2.45) is 4.99 Å². The monoisotopic (exact) mass is 446 g/mol. The molecule has 0 unspecified atom stereocenters. The number of hydrogen-bond donors (Lipinski definition) is 0. The molecule has 2 heterocycles. The zero-order valence-corrected chi connectivity index (χ0v) is 18.5. The van der Waals surface area contributed by atoms with E-state index in [1.54, 1.807) is 38.1 Å². The molecule has 30 heavy (non-hydrogen) atoms. The summed E-state index contributed by atoms with van der Waals surface area (Å²) in [4.78, 5) is 17.8. The number of sulfone groups is 1. The van der Waals surface area contributed by atoms with Crippen LogP contribution in [0.25, 0.3) is 10.2 Å². The molecule has 2 aromatic carbocycles. The quantitative estimate of drug-likeness (QED) is 0.600. The Morgan fingerprint density at radius 1 is 1.17 bits per heavy atom. The molecule has 0 spiro atoms. The molecule has 0 bridgehead atoms. The van der Waals surface area contributed by atoms with Crippen LogP contribution < -0.4 is 14.3 Å². The highest BCUT2D eigenvalue weighted by Gasteiger charge is 2.19. The van der Waals surface area contributed by atoms with E-state index in [9.17, 15) is 13.2 Å². The van der Waals surface area contributed by atoms with Crippen molar-refractivity contribution < 1.29 is 22.7 Å². The molecule has 4 rings (SSSR count). The van der Waals surface area contributed by atoms with Crippen molar-refractivity contribution in [3.8, 4) is 11.5 Å². The van der Waals surface area contributed by atoms with Gasteiger partial charge in [0.25, 0.3) is 5.91 Å². The highest BCUT2D eigenvalue weighted by molar-refractivity contribution is 7.92. The van der Waals surface area contributed by atoms with Gasteiger partial charge in [0, 0.05) is 18.7 Å². The third-order valence-electron chi connectivity index (χ3n) is 4.94. The number of hydrogen-bond acceptors (Lipinski definition) is 6. The second-order valence-corrected chi connectivity index (χ2v) is 10.7. The maximum absolute atomic E-state index is 12.6. The molecule has 7 nitrogen and oxygen atoms in total. The van der Waals surface area contributed by atoms with E-state index in [0.717, 1.165) is 15.8 Å². The number of fused-ring (bicyclic) bond motifs is 2. The molecule has 1 aliphatic rings. The lowest BCUT2D eigenvalue weighted by Crippen LogP contribution is -2.16. The normalized spacial score (nSPS) is 14.1. The molecule has 158 valence electrons. The highest BCUT2D eigenvalue weighted by atomic mass is 32.2. The summed E-state index contributed by atoms with van der Waals surface area (Å²) >= 11 is 1.42. The average molecular weight is 447 g/mol. The Hall–Kier alpha value is -2.65. The first kappa shape index (κ1) is 20.6. The Labute approximate surface area is 178 Å². The number of nitrogens with zero attached hydrogens (tertiary/aromatic N) is 2. The van der Waals surface area contributed by atoms with E-state index in [2.05, 4.69) is 4.99 Å². The van der Waals surface area contributed by atoms with Crippen molar-refractivity contribution >= 4 is 37.3 Å². The zero-order chi connectivity index (χ0) is 21.5. The SMILES string of the molecule is CCn1c(=NC(=O)Cc2ccc(S(=O)(=O)C(C)C)cc2)sc2cc3c(cc21)OCO3. The van der Waals surface area contributed by atoms with Gasteiger partial charge < -0.3 is 14.0 Å². The van der Waals surface area contributed by atoms with E-state index in [-0.39, 0.29) is 24.0 Å². The van der Waals surface area contributed by atoms with Gasteiger partial charge in [-0.3, -0.25) is 4.79 Å². The van der Waals surface area contributed by atoms with Crippen LogP contribution in [0.3, 0.4) is 0 Å². The zero-order valence-electron chi connectivity index (χ0n) is 16.9. The molecule has 0 aliphatic carbocycles. The van der Waals surface area contributed by atoms with Gasteiger partial charge >= 0.3 is 0 Å². The summed E-state index contributed by atoms with van der Waals surface area (Å²) in [6.45, 7) is 6.16. The van der Waals surface area contributed by atoms with Crippen LogP contribution >= 0.6 is 11.3 Å². The summed E-state index contributed by atoms with van der Waals surface area (Å²) in [7, 11) is -3.33. The molecule has 0 saturated carbocycles. The first-order valence-electron chi connectivity index (χ1n) is 9.63. The third-order valence-corrected chi connectivity index (χ3v) is 8.15. The van der Waals surface area contributed by atoms with Crippen molar-refractivity contribution in [2.45, 2.75) is 43.9 Å². The molecule has 0 saturated heterocycles. The van der Waals surface area contributed by atoms with Gasteiger partial charge in [-0.25, -0.2) is 8.42 Å². The van der Waals surface area contributed by atoms with E-state index in [1.807, 2.05) is 23.6 Å². The second kappa shape index (κ2) is 7.88. The predicted octanol–water partition coefficient (Wildman–Crippen LogP) is 3.30. The number of ether oxygens (including phenoxy) is 2. The van der Waals surface area contributed by atoms with Crippen molar-refractivity contribution in [3.05, 3.63) is 46.8 Å². The number of amides is 1. The summed E-state index contributed by atoms with van der Waals surface area (Å²) in [5.74, 6) is 1.10. The smallest absolute Gasteiger partial charge is 0.252 e. The highest BCUT2D eigenvalue weighted by Crippen LogP contribution is 2.36. The second-order valence-electron chi connectivity index (χ2n) is 7.22. The predicted molar refractivity (Wildman–Crippen MR) is 115 cm³/mol. The Kier molecular flexibility index (Phi) is 5.42. The fourth-order valence-corrected chi connectivity index (χ4v) is 5.42. The third kappa shape index (κ3) is 3.75. The van der Waals surface area contributed by atoms with Gasteiger partial charge in [0.2, 0.25) is 6.79 Å². The summed E-state index contributed by atoms with van der Waals surface area (Å²) in [5, 5.41) is -0.491. The summed E-state index contributed by atoms with van der Waals surface area (Å²) in [5.41, 5.74) is 1.66. The molecule has 9 heteroatoms.